The lowest BCUT2D eigenvalue weighted by atomic mass is 10.2. The zero-order chi connectivity index (χ0) is 22.3. The first-order chi connectivity index (χ1) is 15.6. The number of ether oxygens (including phenoxy) is 1. The van der Waals surface area contributed by atoms with Crippen LogP contribution in [0.5, 0.6) is 0 Å². The van der Waals surface area contributed by atoms with Crippen molar-refractivity contribution in [3.63, 3.8) is 0 Å². The van der Waals surface area contributed by atoms with Crippen LogP contribution in [0.3, 0.4) is 0 Å². The summed E-state index contributed by atoms with van der Waals surface area (Å²) < 4.78 is 18.2. The van der Waals surface area contributed by atoms with Crippen molar-refractivity contribution >= 4 is 28.4 Å². The summed E-state index contributed by atoms with van der Waals surface area (Å²) in [5.41, 5.74) is 1.78. The molecule has 7 nitrogen and oxygen atoms in total. The fourth-order valence-corrected chi connectivity index (χ4v) is 3.89. The number of hydrogen-bond donors (Lipinski definition) is 1. The second-order valence-electron chi connectivity index (χ2n) is 7.72. The monoisotopic (exact) mass is 437 g/mol. The molecule has 168 valence electrons. The maximum absolute atomic E-state index is 13.1. The second-order valence-corrected chi connectivity index (χ2v) is 7.72. The van der Waals surface area contributed by atoms with E-state index in [1.165, 1.54) is 12.1 Å². The van der Waals surface area contributed by atoms with Gasteiger partial charge < -0.3 is 15.0 Å². The fraction of sp³-hybridized carbons (Fsp3) is 0.375. The molecule has 32 heavy (non-hydrogen) atoms. The van der Waals surface area contributed by atoms with Gasteiger partial charge in [-0.3, -0.25) is 4.90 Å². The Morgan fingerprint density at radius 2 is 1.81 bits per heavy atom. The van der Waals surface area contributed by atoms with E-state index in [2.05, 4.69) is 25.1 Å². The van der Waals surface area contributed by atoms with E-state index in [1.807, 2.05) is 36.4 Å². The Hall–Kier alpha value is -3.26. The Bertz CT molecular complexity index is 1050. The van der Waals surface area contributed by atoms with Gasteiger partial charge in [0.05, 0.1) is 12.1 Å². The predicted molar refractivity (Wildman–Crippen MR) is 124 cm³/mol. The fourth-order valence-electron chi connectivity index (χ4n) is 3.89. The molecule has 1 aromatic heterocycles. The standard InChI is InChI=1S/C24H28FN5O2/c1-2-32-24(31)23-27-21-7-4-3-6-20(21)22(28-23)26-12-5-13-29-14-16-30(17-15-29)19-10-8-18(25)9-11-19/h3-4,6-11H,2,5,12-17H2,1H3,(H,26,27,28). The number of halogens is 1. The van der Waals surface area contributed by atoms with E-state index in [1.54, 1.807) is 6.92 Å². The molecule has 0 amide bonds. The molecule has 3 aromatic rings. The van der Waals surface area contributed by atoms with E-state index in [0.29, 0.717) is 11.3 Å². The highest BCUT2D eigenvalue weighted by atomic mass is 19.1. The molecule has 0 radical (unpaired) electrons. The number of carbonyl (C=O) groups excluding carboxylic acids is 1. The molecule has 0 saturated carbocycles. The average molecular weight is 438 g/mol. The Balaban J connectivity index is 1.29. The average Bonchev–Trinajstić information content (AvgIpc) is 2.82. The van der Waals surface area contributed by atoms with Crippen LogP contribution in [0.4, 0.5) is 15.9 Å². The Morgan fingerprint density at radius 3 is 2.56 bits per heavy atom. The minimum Gasteiger partial charge on any atom is -0.460 e. The maximum atomic E-state index is 13.1. The summed E-state index contributed by atoms with van der Waals surface area (Å²) >= 11 is 0. The van der Waals surface area contributed by atoms with E-state index in [-0.39, 0.29) is 18.2 Å². The molecule has 0 atom stereocenters. The van der Waals surface area contributed by atoms with Gasteiger partial charge in [-0.15, -0.1) is 0 Å². The molecule has 0 aliphatic carbocycles. The number of esters is 1. The first-order valence-corrected chi connectivity index (χ1v) is 11.0. The zero-order valence-corrected chi connectivity index (χ0v) is 18.3. The van der Waals surface area contributed by atoms with Gasteiger partial charge in [0.25, 0.3) is 0 Å². The molecule has 2 heterocycles. The molecule has 0 unspecified atom stereocenters. The third kappa shape index (κ3) is 5.31. The predicted octanol–water partition coefficient (Wildman–Crippen LogP) is 3.57. The number of benzene rings is 2. The van der Waals surface area contributed by atoms with Crippen LogP contribution >= 0.6 is 0 Å². The number of piperazine rings is 1. The van der Waals surface area contributed by atoms with Crippen LogP contribution in [0.25, 0.3) is 10.9 Å². The topological polar surface area (TPSA) is 70.6 Å². The minimum atomic E-state index is -0.514. The summed E-state index contributed by atoms with van der Waals surface area (Å²) in [6, 6.07) is 14.3. The first-order valence-electron chi connectivity index (χ1n) is 11.0. The van der Waals surface area contributed by atoms with Crippen molar-refractivity contribution in [3.8, 4) is 0 Å². The van der Waals surface area contributed by atoms with Gasteiger partial charge in [-0.1, -0.05) is 12.1 Å². The molecule has 1 N–H and O–H groups in total. The van der Waals surface area contributed by atoms with E-state index in [9.17, 15) is 9.18 Å². The molecule has 1 aliphatic heterocycles. The quantitative estimate of drug-likeness (QED) is 0.427. The van der Waals surface area contributed by atoms with Gasteiger partial charge >= 0.3 is 5.97 Å². The van der Waals surface area contributed by atoms with E-state index >= 15 is 0 Å². The summed E-state index contributed by atoms with van der Waals surface area (Å²) in [6.45, 7) is 7.56. The van der Waals surface area contributed by atoms with Gasteiger partial charge in [0, 0.05) is 43.8 Å². The number of hydrogen-bond acceptors (Lipinski definition) is 7. The van der Waals surface area contributed by atoms with Crippen LogP contribution < -0.4 is 10.2 Å². The van der Waals surface area contributed by atoms with Crippen molar-refractivity contribution in [2.75, 3.05) is 56.1 Å². The summed E-state index contributed by atoms with van der Waals surface area (Å²) in [5, 5.41) is 4.26. The first kappa shape index (κ1) is 22.0. The van der Waals surface area contributed by atoms with Crippen LogP contribution in [0.15, 0.2) is 48.5 Å². The lowest BCUT2D eigenvalue weighted by Crippen LogP contribution is -2.46. The summed E-state index contributed by atoms with van der Waals surface area (Å²) in [5.74, 6) is 0.0100. The highest BCUT2D eigenvalue weighted by Gasteiger charge is 2.17. The Morgan fingerprint density at radius 1 is 1.06 bits per heavy atom. The molecule has 1 aliphatic rings. The maximum Gasteiger partial charge on any atom is 0.376 e. The zero-order valence-electron chi connectivity index (χ0n) is 18.3. The number of rotatable bonds is 8. The number of nitrogens with one attached hydrogen (secondary N) is 1. The number of aromatic nitrogens is 2. The van der Waals surface area contributed by atoms with Crippen molar-refractivity contribution in [1.82, 2.24) is 14.9 Å². The third-order valence-electron chi connectivity index (χ3n) is 5.57. The van der Waals surface area contributed by atoms with Gasteiger partial charge in [-0.2, -0.15) is 0 Å². The molecular formula is C24H28FN5O2. The molecule has 8 heteroatoms. The summed E-state index contributed by atoms with van der Waals surface area (Å²) in [6.07, 6.45) is 0.948. The lowest BCUT2D eigenvalue weighted by Gasteiger charge is -2.36. The SMILES string of the molecule is CCOC(=O)c1nc(NCCCN2CCN(c3ccc(F)cc3)CC2)c2ccccc2n1. The Labute approximate surface area is 187 Å². The number of carbonyl (C=O) groups is 1. The van der Waals surface area contributed by atoms with Crippen LogP contribution in [-0.2, 0) is 4.74 Å². The van der Waals surface area contributed by atoms with Crippen LogP contribution in [0.1, 0.15) is 24.0 Å². The van der Waals surface area contributed by atoms with Crippen LogP contribution in [0.2, 0.25) is 0 Å². The van der Waals surface area contributed by atoms with Gasteiger partial charge in [0.1, 0.15) is 11.6 Å². The summed E-state index contributed by atoms with van der Waals surface area (Å²) in [7, 11) is 0. The molecule has 1 saturated heterocycles. The largest absolute Gasteiger partial charge is 0.460 e. The van der Waals surface area contributed by atoms with E-state index < -0.39 is 5.97 Å². The van der Waals surface area contributed by atoms with Crippen molar-refractivity contribution in [2.24, 2.45) is 0 Å². The highest BCUT2D eigenvalue weighted by Crippen LogP contribution is 2.21. The summed E-state index contributed by atoms with van der Waals surface area (Å²) in [4.78, 5) is 25.6. The molecular weight excluding hydrogens is 409 g/mol. The third-order valence-corrected chi connectivity index (χ3v) is 5.57. The van der Waals surface area contributed by atoms with Crippen LogP contribution in [0, 0.1) is 5.82 Å². The lowest BCUT2D eigenvalue weighted by molar-refractivity contribution is 0.0512. The normalized spacial score (nSPS) is 14.5. The molecule has 0 bridgehead atoms. The molecule has 2 aromatic carbocycles. The number of nitrogens with zero attached hydrogens (tertiary/aromatic N) is 4. The molecule has 4 rings (SSSR count). The molecule has 1 fully saturated rings. The highest BCUT2D eigenvalue weighted by molar-refractivity contribution is 5.94. The second kappa shape index (κ2) is 10.4. The minimum absolute atomic E-state index is 0.0740. The van der Waals surface area contributed by atoms with Gasteiger partial charge in [-0.25, -0.2) is 19.2 Å². The van der Waals surface area contributed by atoms with Crippen molar-refractivity contribution < 1.29 is 13.9 Å². The van der Waals surface area contributed by atoms with Crippen LogP contribution in [-0.4, -0.2) is 66.7 Å². The van der Waals surface area contributed by atoms with Crippen molar-refractivity contribution in [1.29, 1.82) is 0 Å². The smallest absolute Gasteiger partial charge is 0.376 e. The van der Waals surface area contributed by atoms with E-state index in [4.69, 9.17) is 4.74 Å². The van der Waals surface area contributed by atoms with Crippen molar-refractivity contribution in [2.45, 2.75) is 13.3 Å². The van der Waals surface area contributed by atoms with E-state index in [0.717, 1.165) is 56.8 Å². The number of anilines is 2. The van der Waals surface area contributed by atoms with Gasteiger partial charge in [0.15, 0.2) is 0 Å². The molecule has 0 spiro atoms. The van der Waals surface area contributed by atoms with Crippen molar-refractivity contribution in [3.05, 3.63) is 60.2 Å². The van der Waals surface area contributed by atoms with Gasteiger partial charge in [-0.05, 0) is 56.3 Å². The number of fused-ring (bicyclic) bond motifs is 1. The number of para-hydroxylation sites is 1. The van der Waals surface area contributed by atoms with Gasteiger partial charge in [0.2, 0.25) is 5.82 Å². The Kier molecular flexibility index (Phi) is 7.11.